The molecule has 0 saturated heterocycles. The molecule has 0 amide bonds. The molecule has 4 aromatic rings. The standard InChI is InChI=1S/C23H16Cl2N2OS/c24-18-7-3-15(4-8-18)20-14-29-23(26-20)27-13-17(22-2-1-11-28-22)12-21(27)16-5-9-19(25)10-6-16/h1-11,13-14,21H,12H2. The van der Waals surface area contributed by atoms with Crippen molar-refractivity contribution >= 4 is 45.2 Å². The van der Waals surface area contributed by atoms with Crippen molar-refractivity contribution in [2.24, 2.45) is 0 Å². The van der Waals surface area contributed by atoms with Crippen LogP contribution in [-0.2, 0) is 0 Å². The molecular formula is C23H16Cl2N2OS. The number of anilines is 1. The smallest absolute Gasteiger partial charge is 0.190 e. The van der Waals surface area contributed by atoms with Gasteiger partial charge in [-0.3, -0.25) is 0 Å². The van der Waals surface area contributed by atoms with E-state index in [0.717, 1.165) is 44.2 Å². The fourth-order valence-corrected chi connectivity index (χ4v) is 4.64. The lowest BCUT2D eigenvalue weighted by Gasteiger charge is -2.23. The Hall–Kier alpha value is -2.53. The zero-order valence-corrected chi connectivity index (χ0v) is 17.6. The Morgan fingerprint density at radius 2 is 1.69 bits per heavy atom. The van der Waals surface area contributed by atoms with Crippen LogP contribution in [0.3, 0.4) is 0 Å². The molecule has 6 heteroatoms. The Morgan fingerprint density at radius 3 is 2.38 bits per heavy atom. The van der Waals surface area contributed by atoms with Crippen LogP contribution < -0.4 is 4.90 Å². The fourth-order valence-electron chi connectivity index (χ4n) is 3.53. The van der Waals surface area contributed by atoms with Crippen LogP contribution in [0.1, 0.15) is 23.8 Å². The third-order valence-electron chi connectivity index (χ3n) is 4.99. The normalized spacial score (nSPS) is 16.3. The number of benzene rings is 2. The summed E-state index contributed by atoms with van der Waals surface area (Å²) in [6.07, 6.45) is 4.69. The maximum atomic E-state index is 6.10. The molecule has 3 heterocycles. The van der Waals surface area contributed by atoms with E-state index in [0.29, 0.717) is 0 Å². The number of rotatable bonds is 4. The molecule has 1 aliphatic heterocycles. The molecule has 1 atom stereocenters. The zero-order chi connectivity index (χ0) is 19.8. The molecule has 0 radical (unpaired) electrons. The van der Waals surface area contributed by atoms with E-state index in [4.69, 9.17) is 32.6 Å². The van der Waals surface area contributed by atoms with E-state index >= 15 is 0 Å². The summed E-state index contributed by atoms with van der Waals surface area (Å²) in [6, 6.07) is 19.8. The van der Waals surface area contributed by atoms with Crippen molar-refractivity contribution in [3.8, 4) is 11.3 Å². The van der Waals surface area contributed by atoms with Crippen LogP contribution >= 0.6 is 34.5 Å². The van der Waals surface area contributed by atoms with Gasteiger partial charge in [0.2, 0.25) is 0 Å². The van der Waals surface area contributed by atoms with Crippen molar-refractivity contribution in [2.75, 3.05) is 4.90 Å². The molecule has 3 nitrogen and oxygen atoms in total. The van der Waals surface area contributed by atoms with Gasteiger partial charge in [-0.15, -0.1) is 11.3 Å². The molecule has 5 rings (SSSR count). The first kappa shape index (κ1) is 18.5. The van der Waals surface area contributed by atoms with Crippen LogP contribution in [0.5, 0.6) is 0 Å². The van der Waals surface area contributed by atoms with Crippen molar-refractivity contribution in [3.05, 3.63) is 99.9 Å². The van der Waals surface area contributed by atoms with Gasteiger partial charge in [-0.2, -0.15) is 0 Å². The average molecular weight is 439 g/mol. The molecular weight excluding hydrogens is 423 g/mol. The van der Waals surface area contributed by atoms with E-state index in [9.17, 15) is 0 Å². The number of hydrogen-bond donors (Lipinski definition) is 0. The number of nitrogens with zero attached hydrogens (tertiary/aromatic N) is 2. The maximum Gasteiger partial charge on any atom is 0.190 e. The third kappa shape index (κ3) is 3.71. The third-order valence-corrected chi connectivity index (χ3v) is 6.35. The van der Waals surface area contributed by atoms with Crippen LogP contribution in [0, 0.1) is 0 Å². The predicted octanol–water partition coefficient (Wildman–Crippen LogP) is 7.70. The Labute approximate surface area is 182 Å². The minimum atomic E-state index is 0.136. The van der Waals surface area contributed by atoms with Crippen LogP contribution in [0.4, 0.5) is 5.13 Å². The Morgan fingerprint density at radius 1 is 0.966 bits per heavy atom. The van der Waals surface area contributed by atoms with Crippen LogP contribution in [0.15, 0.2) is 82.9 Å². The highest BCUT2D eigenvalue weighted by molar-refractivity contribution is 7.14. The summed E-state index contributed by atoms with van der Waals surface area (Å²) in [5.41, 5.74) is 4.33. The summed E-state index contributed by atoms with van der Waals surface area (Å²) in [4.78, 5) is 7.13. The number of aromatic nitrogens is 1. The monoisotopic (exact) mass is 438 g/mol. The van der Waals surface area contributed by atoms with Gasteiger partial charge in [-0.05, 0) is 42.0 Å². The molecule has 0 bridgehead atoms. The van der Waals surface area contributed by atoms with E-state index < -0.39 is 0 Å². The van der Waals surface area contributed by atoms with Gasteiger partial charge in [0.1, 0.15) is 5.76 Å². The second kappa shape index (κ2) is 7.71. The topological polar surface area (TPSA) is 29.3 Å². The first-order valence-electron chi connectivity index (χ1n) is 9.17. The summed E-state index contributed by atoms with van der Waals surface area (Å²) < 4.78 is 5.65. The second-order valence-electron chi connectivity index (χ2n) is 6.83. The van der Waals surface area contributed by atoms with Crippen LogP contribution in [0.2, 0.25) is 10.0 Å². The lowest BCUT2D eigenvalue weighted by molar-refractivity contribution is 0.549. The van der Waals surface area contributed by atoms with Crippen molar-refractivity contribution in [3.63, 3.8) is 0 Å². The highest BCUT2D eigenvalue weighted by Crippen LogP contribution is 2.43. The molecule has 0 saturated carbocycles. The van der Waals surface area contributed by atoms with Gasteiger partial charge in [-0.25, -0.2) is 4.98 Å². The molecule has 0 N–H and O–H groups in total. The fraction of sp³-hybridized carbons (Fsp3) is 0.0870. The first-order valence-corrected chi connectivity index (χ1v) is 10.8. The zero-order valence-electron chi connectivity index (χ0n) is 15.3. The number of thiazole rings is 1. The molecule has 1 unspecified atom stereocenters. The van der Waals surface area contributed by atoms with Crippen LogP contribution in [-0.4, -0.2) is 4.98 Å². The largest absolute Gasteiger partial charge is 0.465 e. The van der Waals surface area contributed by atoms with E-state index in [2.05, 4.69) is 28.6 Å². The van der Waals surface area contributed by atoms with Gasteiger partial charge in [0.05, 0.1) is 18.0 Å². The van der Waals surface area contributed by atoms with Crippen LogP contribution in [0.25, 0.3) is 16.8 Å². The Balaban J connectivity index is 1.52. The molecule has 2 aromatic carbocycles. The highest BCUT2D eigenvalue weighted by atomic mass is 35.5. The van der Waals surface area contributed by atoms with Gasteiger partial charge in [-0.1, -0.05) is 47.5 Å². The summed E-state index contributed by atoms with van der Waals surface area (Å²) in [5.74, 6) is 0.890. The van der Waals surface area contributed by atoms with Gasteiger partial charge in [0.15, 0.2) is 5.13 Å². The van der Waals surface area contributed by atoms with E-state index in [1.807, 2.05) is 48.5 Å². The van der Waals surface area contributed by atoms with Crippen molar-refractivity contribution in [1.82, 2.24) is 4.98 Å². The van der Waals surface area contributed by atoms with Crippen molar-refractivity contribution < 1.29 is 4.42 Å². The Kier molecular flexibility index (Phi) is 4.92. The van der Waals surface area contributed by atoms with Gasteiger partial charge >= 0.3 is 0 Å². The van der Waals surface area contributed by atoms with Gasteiger partial charge in [0, 0.05) is 39.2 Å². The lowest BCUT2D eigenvalue weighted by Crippen LogP contribution is -2.18. The van der Waals surface area contributed by atoms with E-state index in [1.165, 1.54) is 5.56 Å². The first-order chi connectivity index (χ1) is 14.2. The summed E-state index contributed by atoms with van der Waals surface area (Å²) in [7, 11) is 0. The SMILES string of the molecule is Clc1ccc(-c2csc(N3C=C(c4ccco4)CC3c3ccc(Cl)cc3)n2)cc1. The molecule has 144 valence electrons. The quantitative estimate of drug-likeness (QED) is 0.326. The maximum absolute atomic E-state index is 6.10. The molecule has 29 heavy (non-hydrogen) atoms. The van der Waals surface area contributed by atoms with Gasteiger partial charge in [0.25, 0.3) is 0 Å². The average Bonchev–Trinajstić information content (AvgIpc) is 3.48. The second-order valence-corrected chi connectivity index (χ2v) is 8.54. The van der Waals surface area contributed by atoms with Crippen molar-refractivity contribution in [2.45, 2.75) is 12.5 Å². The predicted molar refractivity (Wildman–Crippen MR) is 121 cm³/mol. The summed E-state index contributed by atoms with van der Waals surface area (Å²) in [5, 5.41) is 4.47. The molecule has 0 aliphatic carbocycles. The van der Waals surface area contributed by atoms with E-state index in [-0.39, 0.29) is 6.04 Å². The highest BCUT2D eigenvalue weighted by Gasteiger charge is 2.30. The molecule has 2 aromatic heterocycles. The minimum Gasteiger partial charge on any atom is -0.465 e. The lowest BCUT2D eigenvalue weighted by atomic mass is 10.0. The molecule has 1 aliphatic rings. The van der Waals surface area contributed by atoms with Crippen molar-refractivity contribution in [1.29, 1.82) is 0 Å². The Bertz CT molecular complexity index is 1150. The van der Waals surface area contributed by atoms with E-state index in [1.54, 1.807) is 17.6 Å². The number of halogens is 2. The minimum absolute atomic E-state index is 0.136. The summed E-state index contributed by atoms with van der Waals surface area (Å²) in [6.45, 7) is 0. The number of hydrogen-bond acceptors (Lipinski definition) is 4. The van der Waals surface area contributed by atoms with Gasteiger partial charge < -0.3 is 9.32 Å². The molecule has 0 spiro atoms. The number of furan rings is 1. The summed E-state index contributed by atoms with van der Waals surface area (Å²) >= 11 is 13.7. The molecule has 0 fully saturated rings.